The third kappa shape index (κ3) is 2.56. The van der Waals surface area contributed by atoms with Gasteiger partial charge in [-0.05, 0) is 18.2 Å². The predicted octanol–water partition coefficient (Wildman–Crippen LogP) is 2.63. The van der Waals surface area contributed by atoms with Gasteiger partial charge in [-0.25, -0.2) is 9.55 Å². The third-order valence-electron chi connectivity index (χ3n) is 2.68. The maximum atomic E-state index is 12.7. The van der Waals surface area contributed by atoms with Crippen molar-refractivity contribution < 1.29 is 17.4 Å². The Kier molecular flexibility index (Phi) is 3.29. The molecule has 0 fully saturated rings. The first-order valence-corrected chi connectivity index (χ1v) is 7.95. The third-order valence-corrected chi connectivity index (χ3v) is 4.51. The van der Waals surface area contributed by atoms with Crippen LogP contribution in [-0.2, 0) is 17.0 Å². The molecule has 5 nitrogen and oxygen atoms in total. The SMILES string of the molecule is C[S@@](=O)c1nncn1-c1nc2cc(C(F)(F)F)ccc2s1. The zero-order valence-corrected chi connectivity index (χ0v) is 12.1. The molecule has 0 saturated heterocycles. The molecule has 2 heterocycles. The van der Waals surface area contributed by atoms with E-state index < -0.39 is 22.5 Å². The monoisotopic (exact) mass is 332 g/mol. The number of thiazole rings is 1. The molecule has 0 bridgehead atoms. The van der Waals surface area contributed by atoms with Gasteiger partial charge in [0.05, 0.1) is 26.6 Å². The molecular formula is C11H7F3N4OS2. The number of alkyl halides is 3. The summed E-state index contributed by atoms with van der Waals surface area (Å²) in [6, 6.07) is 3.36. The first-order chi connectivity index (χ1) is 9.86. The molecule has 0 aliphatic rings. The van der Waals surface area contributed by atoms with Gasteiger partial charge in [-0.1, -0.05) is 11.3 Å². The standard InChI is InChI=1S/C11H7F3N4OS2/c1-21(19)10-17-15-5-18(10)9-16-7-4-6(11(12,13)14)2-3-8(7)20-9/h2-5H,1H3/t21-/m1/s1. The van der Waals surface area contributed by atoms with Gasteiger partial charge in [0.15, 0.2) is 5.13 Å². The van der Waals surface area contributed by atoms with E-state index in [9.17, 15) is 17.4 Å². The maximum absolute atomic E-state index is 12.7. The second kappa shape index (κ2) is 4.88. The van der Waals surface area contributed by atoms with Crippen LogP contribution in [-0.4, -0.2) is 30.2 Å². The number of halogens is 3. The lowest BCUT2D eigenvalue weighted by atomic mass is 10.2. The van der Waals surface area contributed by atoms with Crippen LogP contribution in [0.15, 0.2) is 29.7 Å². The second-order valence-electron chi connectivity index (χ2n) is 4.11. The molecule has 0 N–H and O–H groups in total. The number of benzene rings is 1. The van der Waals surface area contributed by atoms with Gasteiger partial charge in [0.25, 0.3) is 0 Å². The number of hydrogen-bond acceptors (Lipinski definition) is 5. The average Bonchev–Trinajstić information content (AvgIpc) is 3.02. The minimum Gasteiger partial charge on any atom is -0.251 e. The van der Waals surface area contributed by atoms with Crippen molar-refractivity contribution >= 4 is 32.4 Å². The summed E-state index contributed by atoms with van der Waals surface area (Å²) in [7, 11) is -1.37. The van der Waals surface area contributed by atoms with Crippen molar-refractivity contribution in [3.63, 3.8) is 0 Å². The van der Waals surface area contributed by atoms with Crippen LogP contribution in [0, 0.1) is 0 Å². The molecule has 110 valence electrons. The highest BCUT2D eigenvalue weighted by Crippen LogP contribution is 2.33. The summed E-state index contributed by atoms with van der Waals surface area (Å²) in [4.78, 5) is 4.14. The minimum atomic E-state index is -4.41. The van der Waals surface area contributed by atoms with E-state index in [4.69, 9.17) is 0 Å². The van der Waals surface area contributed by atoms with E-state index in [0.29, 0.717) is 9.83 Å². The fourth-order valence-electron chi connectivity index (χ4n) is 1.75. The van der Waals surface area contributed by atoms with Gasteiger partial charge in [0.2, 0.25) is 5.16 Å². The molecule has 1 aromatic carbocycles. The quantitative estimate of drug-likeness (QED) is 0.724. The zero-order chi connectivity index (χ0) is 15.2. The molecule has 0 unspecified atom stereocenters. The van der Waals surface area contributed by atoms with Crippen LogP contribution >= 0.6 is 11.3 Å². The van der Waals surface area contributed by atoms with E-state index in [0.717, 1.165) is 12.1 Å². The van der Waals surface area contributed by atoms with Gasteiger partial charge in [-0.15, -0.1) is 10.2 Å². The highest BCUT2D eigenvalue weighted by molar-refractivity contribution is 7.84. The smallest absolute Gasteiger partial charge is 0.251 e. The van der Waals surface area contributed by atoms with Gasteiger partial charge >= 0.3 is 6.18 Å². The van der Waals surface area contributed by atoms with E-state index in [-0.39, 0.29) is 10.7 Å². The van der Waals surface area contributed by atoms with Crippen molar-refractivity contribution in [2.45, 2.75) is 11.3 Å². The van der Waals surface area contributed by atoms with Crippen LogP contribution in [0.3, 0.4) is 0 Å². The van der Waals surface area contributed by atoms with Crippen molar-refractivity contribution in [2.24, 2.45) is 0 Å². The number of rotatable bonds is 2. The summed E-state index contributed by atoms with van der Waals surface area (Å²) >= 11 is 1.18. The number of fused-ring (bicyclic) bond motifs is 1. The van der Waals surface area contributed by atoms with Crippen LogP contribution in [0.1, 0.15) is 5.56 Å². The van der Waals surface area contributed by atoms with Crippen molar-refractivity contribution in [1.29, 1.82) is 0 Å². The molecule has 0 radical (unpaired) electrons. The number of nitrogens with zero attached hydrogens (tertiary/aromatic N) is 4. The van der Waals surface area contributed by atoms with Crippen LogP contribution in [0.2, 0.25) is 0 Å². The Hall–Kier alpha value is -1.81. The van der Waals surface area contributed by atoms with Crippen LogP contribution in [0.5, 0.6) is 0 Å². The zero-order valence-electron chi connectivity index (χ0n) is 10.5. The molecule has 0 aliphatic carbocycles. The Morgan fingerprint density at radius 1 is 1.33 bits per heavy atom. The van der Waals surface area contributed by atoms with E-state index in [1.54, 1.807) is 0 Å². The Balaban J connectivity index is 2.13. The van der Waals surface area contributed by atoms with Gasteiger partial charge in [-0.2, -0.15) is 13.2 Å². The average molecular weight is 332 g/mol. The Morgan fingerprint density at radius 3 is 2.76 bits per heavy atom. The lowest BCUT2D eigenvalue weighted by molar-refractivity contribution is -0.137. The highest BCUT2D eigenvalue weighted by Gasteiger charge is 2.30. The van der Waals surface area contributed by atoms with Crippen molar-refractivity contribution in [1.82, 2.24) is 19.7 Å². The topological polar surface area (TPSA) is 60.7 Å². The molecule has 0 amide bonds. The maximum Gasteiger partial charge on any atom is 0.416 e. The van der Waals surface area contributed by atoms with E-state index in [1.165, 1.54) is 34.6 Å². The largest absolute Gasteiger partial charge is 0.416 e. The van der Waals surface area contributed by atoms with Crippen molar-refractivity contribution in [3.05, 3.63) is 30.1 Å². The Morgan fingerprint density at radius 2 is 2.10 bits per heavy atom. The summed E-state index contributed by atoms with van der Waals surface area (Å²) < 4.78 is 51.6. The Labute approximate surface area is 122 Å². The summed E-state index contributed by atoms with van der Waals surface area (Å²) in [6.07, 6.45) is -1.64. The molecule has 3 aromatic rings. The summed E-state index contributed by atoms with van der Waals surface area (Å²) in [5.74, 6) is 0. The lowest BCUT2D eigenvalue weighted by Crippen LogP contribution is -2.04. The summed E-state index contributed by atoms with van der Waals surface area (Å²) in [5.41, 5.74) is -0.527. The van der Waals surface area contributed by atoms with Gasteiger partial charge < -0.3 is 0 Å². The van der Waals surface area contributed by atoms with Crippen molar-refractivity contribution in [2.75, 3.05) is 6.26 Å². The first kappa shape index (κ1) is 14.1. The fraction of sp³-hybridized carbons (Fsp3) is 0.182. The molecular weight excluding hydrogens is 325 g/mol. The first-order valence-electron chi connectivity index (χ1n) is 5.58. The normalized spacial score (nSPS) is 13.7. The molecule has 2 aromatic heterocycles. The summed E-state index contributed by atoms with van der Waals surface area (Å²) in [6.45, 7) is 0. The molecule has 21 heavy (non-hydrogen) atoms. The molecule has 0 spiro atoms. The van der Waals surface area contributed by atoms with Gasteiger partial charge in [0.1, 0.15) is 6.33 Å². The molecule has 0 aliphatic heterocycles. The van der Waals surface area contributed by atoms with Gasteiger partial charge in [0, 0.05) is 6.26 Å². The highest BCUT2D eigenvalue weighted by atomic mass is 32.2. The Bertz CT molecular complexity index is 839. The number of aromatic nitrogens is 4. The van der Waals surface area contributed by atoms with Gasteiger partial charge in [-0.3, -0.25) is 4.21 Å². The van der Waals surface area contributed by atoms with E-state index in [1.807, 2.05) is 0 Å². The summed E-state index contributed by atoms with van der Waals surface area (Å²) in [5, 5.41) is 7.95. The second-order valence-corrected chi connectivity index (χ2v) is 6.40. The predicted molar refractivity (Wildman–Crippen MR) is 71.9 cm³/mol. The molecule has 3 rings (SSSR count). The van der Waals surface area contributed by atoms with E-state index in [2.05, 4.69) is 15.2 Å². The van der Waals surface area contributed by atoms with Crippen LogP contribution in [0.25, 0.3) is 15.3 Å². The molecule has 1 atom stereocenters. The lowest BCUT2D eigenvalue weighted by Gasteiger charge is -2.04. The molecule has 0 saturated carbocycles. The van der Waals surface area contributed by atoms with E-state index >= 15 is 0 Å². The number of hydrogen-bond donors (Lipinski definition) is 0. The fourth-order valence-corrected chi connectivity index (χ4v) is 3.29. The van der Waals surface area contributed by atoms with Crippen molar-refractivity contribution in [3.8, 4) is 5.13 Å². The van der Waals surface area contributed by atoms with Crippen LogP contribution < -0.4 is 0 Å². The minimum absolute atomic E-state index is 0.199. The molecule has 10 heteroatoms. The van der Waals surface area contributed by atoms with Crippen LogP contribution in [0.4, 0.5) is 13.2 Å².